The van der Waals surface area contributed by atoms with E-state index in [2.05, 4.69) is 4.74 Å². The zero-order chi connectivity index (χ0) is 22.4. The van der Waals surface area contributed by atoms with Crippen LogP contribution in [0.1, 0.15) is 67.1 Å². The molecule has 0 N–H and O–H groups in total. The molecule has 1 atom stereocenters. The van der Waals surface area contributed by atoms with Gasteiger partial charge >= 0.3 is 17.9 Å². The van der Waals surface area contributed by atoms with Gasteiger partial charge in [0.15, 0.2) is 5.75 Å². The second-order valence-corrected chi connectivity index (χ2v) is 7.46. The van der Waals surface area contributed by atoms with Crippen molar-refractivity contribution in [2.24, 2.45) is 5.92 Å². The van der Waals surface area contributed by atoms with Crippen LogP contribution in [0.2, 0.25) is 0 Å². The zero-order valence-electron chi connectivity index (χ0n) is 18.5. The van der Waals surface area contributed by atoms with Crippen LogP contribution in [0.3, 0.4) is 0 Å². The number of benzene rings is 1. The Morgan fingerprint density at radius 3 is 2.50 bits per heavy atom. The molecule has 1 aromatic rings. The molecule has 1 heterocycles. The van der Waals surface area contributed by atoms with Gasteiger partial charge in [0.2, 0.25) is 0 Å². The summed E-state index contributed by atoms with van der Waals surface area (Å²) in [5.41, 5.74) is 3.35. The Morgan fingerprint density at radius 2 is 1.90 bits per heavy atom. The summed E-state index contributed by atoms with van der Waals surface area (Å²) in [7, 11) is 2.90. The van der Waals surface area contributed by atoms with E-state index in [1.165, 1.54) is 7.11 Å². The van der Waals surface area contributed by atoms with Crippen LogP contribution in [0.4, 0.5) is 0 Å². The molecule has 7 nitrogen and oxygen atoms in total. The molecule has 2 rings (SSSR count). The first-order chi connectivity index (χ1) is 14.2. The highest BCUT2D eigenvalue weighted by Crippen LogP contribution is 2.43. The number of rotatable bonds is 9. The lowest BCUT2D eigenvalue weighted by Crippen LogP contribution is -2.20. The Morgan fingerprint density at radius 1 is 1.20 bits per heavy atom. The van der Waals surface area contributed by atoms with Gasteiger partial charge in [-0.05, 0) is 38.7 Å². The van der Waals surface area contributed by atoms with Crippen molar-refractivity contribution in [2.75, 3.05) is 14.2 Å². The van der Waals surface area contributed by atoms with Gasteiger partial charge < -0.3 is 18.9 Å². The average molecular weight is 418 g/mol. The number of cyclic esters (lactones) is 1. The average Bonchev–Trinajstić information content (AvgIpc) is 3.13. The summed E-state index contributed by atoms with van der Waals surface area (Å²) in [6.45, 7) is 7.57. The lowest BCUT2D eigenvalue weighted by molar-refractivity contribution is -0.140. The first kappa shape index (κ1) is 23.4. The van der Waals surface area contributed by atoms with Crippen LogP contribution < -0.4 is 9.47 Å². The van der Waals surface area contributed by atoms with E-state index in [9.17, 15) is 14.4 Å². The van der Waals surface area contributed by atoms with E-state index < -0.39 is 11.9 Å². The first-order valence-corrected chi connectivity index (χ1v) is 10.1. The molecule has 0 spiro atoms. The summed E-state index contributed by atoms with van der Waals surface area (Å²) >= 11 is 0. The molecule has 1 aliphatic heterocycles. The largest absolute Gasteiger partial charge is 0.496 e. The molecule has 0 saturated heterocycles. The van der Waals surface area contributed by atoms with Crippen LogP contribution in [0.25, 0.3) is 0 Å². The second-order valence-electron chi connectivity index (χ2n) is 7.46. The SMILES string of the molecule is CCC(C)C(=O)Oc1c(C/C=C(\C)CCC(=O)OC)c(OC)c(C)c2c1C(=O)OC2. The Kier molecular flexibility index (Phi) is 8.03. The first-order valence-electron chi connectivity index (χ1n) is 10.1. The van der Waals surface area contributed by atoms with E-state index in [0.29, 0.717) is 41.7 Å². The molecule has 1 aliphatic rings. The molecule has 0 amide bonds. The highest BCUT2D eigenvalue weighted by Gasteiger charge is 2.34. The highest BCUT2D eigenvalue weighted by molar-refractivity contribution is 5.99. The number of hydrogen-bond donors (Lipinski definition) is 0. The molecule has 7 heteroatoms. The maximum atomic E-state index is 12.6. The molecular formula is C23H30O7. The van der Waals surface area contributed by atoms with Gasteiger partial charge in [-0.25, -0.2) is 4.79 Å². The normalized spacial score (nSPS) is 14.1. The number of methoxy groups -OCH3 is 2. The van der Waals surface area contributed by atoms with Crippen LogP contribution in [0.5, 0.6) is 11.5 Å². The fourth-order valence-corrected chi connectivity index (χ4v) is 3.27. The van der Waals surface area contributed by atoms with Gasteiger partial charge in [0.1, 0.15) is 17.9 Å². The van der Waals surface area contributed by atoms with Gasteiger partial charge in [-0.3, -0.25) is 9.59 Å². The number of carbonyl (C=O) groups is 3. The lowest BCUT2D eigenvalue weighted by atomic mass is 9.94. The van der Waals surface area contributed by atoms with Gasteiger partial charge in [-0.2, -0.15) is 0 Å². The van der Waals surface area contributed by atoms with Crippen LogP contribution in [0.15, 0.2) is 11.6 Å². The van der Waals surface area contributed by atoms with Gasteiger partial charge in [-0.15, -0.1) is 0 Å². The molecule has 0 aliphatic carbocycles. The molecule has 0 aromatic heterocycles. The highest BCUT2D eigenvalue weighted by atomic mass is 16.6. The smallest absolute Gasteiger partial charge is 0.342 e. The molecule has 1 unspecified atom stereocenters. The van der Waals surface area contributed by atoms with Crippen molar-refractivity contribution in [3.8, 4) is 11.5 Å². The molecule has 0 fully saturated rings. The van der Waals surface area contributed by atoms with Crippen LogP contribution in [-0.4, -0.2) is 32.1 Å². The van der Waals surface area contributed by atoms with E-state index in [0.717, 1.165) is 11.1 Å². The summed E-state index contributed by atoms with van der Waals surface area (Å²) < 4.78 is 21.3. The molecule has 0 saturated carbocycles. The monoisotopic (exact) mass is 418 g/mol. The molecule has 164 valence electrons. The topological polar surface area (TPSA) is 88.1 Å². The third-order valence-electron chi connectivity index (χ3n) is 5.45. The number of allylic oxidation sites excluding steroid dienone is 2. The van der Waals surface area contributed by atoms with E-state index in [-0.39, 0.29) is 30.7 Å². The van der Waals surface area contributed by atoms with Crippen molar-refractivity contribution in [3.63, 3.8) is 0 Å². The minimum atomic E-state index is -0.504. The third-order valence-corrected chi connectivity index (χ3v) is 5.45. The van der Waals surface area contributed by atoms with E-state index >= 15 is 0 Å². The van der Waals surface area contributed by atoms with Crippen molar-refractivity contribution in [1.29, 1.82) is 0 Å². The van der Waals surface area contributed by atoms with E-state index in [1.807, 2.05) is 26.8 Å². The minimum Gasteiger partial charge on any atom is -0.496 e. The quantitative estimate of drug-likeness (QED) is 0.339. The Labute approximate surface area is 177 Å². The van der Waals surface area contributed by atoms with Gasteiger partial charge in [0, 0.05) is 17.5 Å². The van der Waals surface area contributed by atoms with Crippen molar-refractivity contribution in [1.82, 2.24) is 0 Å². The summed E-state index contributed by atoms with van der Waals surface area (Å²) in [6, 6.07) is 0. The van der Waals surface area contributed by atoms with Crippen LogP contribution in [0, 0.1) is 12.8 Å². The van der Waals surface area contributed by atoms with E-state index in [1.54, 1.807) is 14.0 Å². The van der Waals surface area contributed by atoms with Crippen molar-refractivity contribution in [3.05, 3.63) is 33.9 Å². The van der Waals surface area contributed by atoms with Gasteiger partial charge in [0.25, 0.3) is 0 Å². The standard InChI is InChI=1S/C23H30O7/c1-7-14(3)22(25)30-21-16(10-8-13(2)9-11-18(24)27-5)20(28-6)15(4)17-12-29-23(26)19(17)21/h8,14H,7,9-12H2,1-6H3/b13-8+. The van der Waals surface area contributed by atoms with Crippen molar-refractivity contribution >= 4 is 17.9 Å². The summed E-state index contributed by atoms with van der Waals surface area (Å²) in [6.07, 6.45) is 3.76. The fraction of sp³-hybridized carbons (Fsp3) is 0.522. The summed E-state index contributed by atoms with van der Waals surface area (Å²) in [5, 5.41) is 0. The maximum Gasteiger partial charge on any atom is 0.342 e. The molecule has 0 radical (unpaired) electrons. The maximum absolute atomic E-state index is 12.6. The summed E-state index contributed by atoms with van der Waals surface area (Å²) in [5.74, 6) is -0.725. The number of carbonyl (C=O) groups excluding carboxylic acids is 3. The zero-order valence-corrected chi connectivity index (χ0v) is 18.5. The Hall–Kier alpha value is -2.83. The second kappa shape index (κ2) is 10.3. The Bertz CT molecular complexity index is 867. The Balaban J connectivity index is 2.50. The van der Waals surface area contributed by atoms with E-state index in [4.69, 9.17) is 14.2 Å². The lowest BCUT2D eigenvalue weighted by Gasteiger charge is -2.19. The molecule has 1 aromatic carbocycles. The number of fused-ring (bicyclic) bond motifs is 1. The third kappa shape index (κ3) is 5.01. The number of hydrogen-bond acceptors (Lipinski definition) is 7. The predicted octanol–water partition coefficient (Wildman–Crippen LogP) is 4.07. The molecular weight excluding hydrogens is 388 g/mol. The van der Waals surface area contributed by atoms with Crippen molar-refractivity contribution in [2.45, 2.75) is 60.0 Å². The summed E-state index contributed by atoms with van der Waals surface area (Å²) in [4.78, 5) is 36.4. The fourth-order valence-electron chi connectivity index (χ4n) is 3.27. The van der Waals surface area contributed by atoms with Gasteiger partial charge in [0.05, 0.1) is 20.1 Å². The van der Waals surface area contributed by atoms with Gasteiger partial charge in [-0.1, -0.05) is 25.5 Å². The van der Waals surface area contributed by atoms with Crippen molar-refractivity contribution < 1.29 is 33.3 Å². The molecule has 30 heavy (non-hydrogen) atoms. The van der Waals surface area contributed by atoms with Crippen LogP contribution in [-0.2, 0) is 32.1 Å². The minimum absolute atomic E-state index is 0.124. The predicted molar refractivity (Wildman–Crippen MR) is 111 cm³/mol. The van der Waals surface area contributed by atoms with Crippen LogP contribution >= 0.6 is 0 Å². The number of esters is 3. The number of ether oxygens (including phenoxy) is 4. The molecule has 0 bridgehead atoms.